The lowest BCUT2D eigenvalue weighted by atomic mass is 10.2. The van der Waals surface area contributed by atoms with Gasteiger partial charge in [0.05, 0.1) is 4.90 Å². The minimum atomic E-state index is -3.84. The minimum absolute atomic E-state index is 0.0571. The maximum atomic E-state index is 12.3. The summed E-state index contributed by atoms with van der Waals surface area (Å²) in [6, 6.07) is 7.84. The first-order chi connectivity index (χ1) is 9.09. The van der Waals surface area contributed by atoms with Gasteiger partial charge < -0.3 is 5.73 Å². The largest absolute Gasteiger partial charge is 0.326 e. The Morgan fingerprint density at radius 3 is 2.37 bits per heavy atom. The van der Waals surface area contributed by atoms with Crippen molar-refractivity contribution in [2.75, 3.05) is 0 Å². The van der Waals surface area contributed by atoms with Crippen LogP contribution in [0.25, 0.3) is 0 Å². The Kier molecular flexibility index (Phi) is 3.55. The molecule has 0 spiro atoms. The average Bonchev–Trinajstić information content (AvgIpc) is 2.47. The van der Waals surface area contributed by atoms with Gasteiger partial charge in [-0.25, -0.2) is 18.4 Å². The lowest BCUT2D eigenvalue weighted by molar-refractivity contribution is 0.591. The predicted molar refractivity (Wildman–Crippen MR) is 66.5 cm³/mol. The molecule has 2 N–H and O–H groups in total. The highest BCUT2D eigenvalue weighted by Gasteiger charge is 2.23. The maximum absolute atomic E-state index is 12.3. The summed E-state index contributed by atoms with van der Waals surface area (Å²) in [6.45, 7) is 0.328. The summed E-state index contributed by atoms with van der Waals surface area (Å²) in [4.78, 5) is 7.50. The van der Waals surface area contributed by atoms with E-state index in [9.17, 15) is 8.42 Å². The van der Waals surface area contributed by atoms with Gasteiger partial charge in [0.1, 0.15) is 6.07 Å². The molecule has 19 heavy (non-hydrogen) atoms. The number of nitriles is 1. The first kappa shape index (κ1) is 13.1. The van der Waals surface area contributed by atoms with E-state index >= 15 is 0 Å². The number of nitrogens with two attached hydrogens (primary N) is 1. The zero-order chi connectivity index (χ0) is 13.9. The van der Waals surface area contributed by atoms with Crippen molar-refractivity contribution < 1.29 is 8.42 Å². The molecule has 0 fully saturated rings. The summed E-state index contributed by atoms with van der Waals surface area (Å²) < 4.78 is 24.7. The Labute approximate surface area is 110 Å². The van der Waals surface area contributed by atoms with E-state index in [0.717, 1.165) is 5.56 Å². The summed E-state index contributed by atoms with van der Waals surface area (Å²) in [5.41, 5.74) is 6.05. The second-order valence-electron chi connectivity index (χ2n) is 3.67. The van der Waals surface area contributed by atoms with Crippen molar-refractivity contribution in [2.24, 2.45) is 5.73 Å². The normalized spacial score (nSPS) is 10.9. The number of hydrogen-bond acceptors (Lipinski definition) is 6. The van der Waals surface area contributed by atoms with Gasteiger partial charge in [0.2, 0.25) is 9.84 Å². The fourth-order valence-corrected chi connectivity index (χ4v) is 2.79. The molecule has 1 aromatic carbocycles. The molecule has 96 valence electrons. The van der Waals surface area contributed by atoms with Gasteiger partial charge in [0, 0.05) is 18.9 Å². The van der Waals surface area contributed by atoms with Crippen LogP contribution in [0.4, 0.5) is 0 Å². The molecular formula is C12H10N4O2S. The van der Waals surface area contributed by atoms with E-state index in [1.54, 1.807) is 18.2 Å². The van der Waals surface area contributed by atoms with Crippen molar-refractivity contribution >= 4 is 9.84 Å². The Morgan fingerprint density at radius 1 is 1.16 bits per heavy atom. The molecule has 0 saturated carbocycles. The first-order valence-electron chi connectivity index (χ1n) is 5.35. The monoisotopic (exact) mass is 274 g/mol. The number of aromatic nitrogens is 2. The first-order valence-corrected chi connectivity index (χ1v) is 6.83. The second kappa shape index (κ2) is 5.14. The van der Waals surface area contributed by atoms with Gasteiger partial charge in [-0.3, -0.25) is 0 Å². The van der Waals surface area contributed by atoms with E-state index in [2.05, 4.69) is 9.97 Å². The van der Waals surface area contributed by atoms with E-state index in [0.29, 0.717) is 6.54 Å². The van der Waals surface area contributed by atoms with E-state index in [1.165, 1.54) is 24.5 Å². The number of hydrogen-bond donors (Lipinski definition) is 1. The predicted octanol–water partition coefficient (Wildman–Crippen LogP) is 0.640. The van der Waals surface area contributed by atoms with E-state index in [1.807, 2.05) is 0 Å². The smallest absolute Gasteiger partial charge is 0.226 e. The van der Waals surface area contributed by atoms with Crippen LogP contribution in [-0.2, 0) is 16.4 Å². The van der Waals surface area contributed by atoms with Gasteiger partial charge in [-0.15, -0.1) is 0 Å². The number of sulfone groups is 1. The van der Waals surface area contributed by atoms with Crippen molar-refractivity contribution in [1.82, 2.24) is 9.97 Å². The topological polar surface area (TPSA) is 110 Å². The molecule has 0 radical (unpaired) electrons. The molecule has 2 rings (SSSR count). The van der Waals surface area contributed by atoms with Crippen LogP contribution in [0.5, 0.6) is 0 Å². The highest BCUT2D eigenvalue weighted by molar-refractivity contribution is 7.91. The van der Waals surface area contributed by atoms with Crippen LogP contribution in [0.1, 0.15) is 11.3 Å². The summed E-state index contributed by atoms with van der Waals surface area (Å²) >= 11 is 0. The molecule has 6 nitrogen and oxygen atoms in total. The minimum Gasteiger partial charge on any atom is -0.326 e. The fourth-order valence-electron chi connectivity index (χ4n) is 1.51. The molecule has 0 saturated heterocycles. The van der Waals surface area contributed by atoms with Crippen LogP contribution in [0.3, 0.4) is 0 Å². The van der Waals surface area contributed by atoms with Gasteiger partial charge in [-0.05, 0) is 17.7 Å². The molecule has 0 bridgehead atoms. The van der Waals surface area contributed by atoms with E-state index in [-0.39, 0.29) is 15.6 Å². The molecule has 1 heterocycles. The van der Waals surface area contributed by atoms with Gasteiger partial charge in [-0.2, -0.15) is 5.26 Å². The number of benzene rings is 1. The van der Waals surface area contributed by atoms with Crippen LogP contribution >= 0.6 is 0 Å². The third-order valence-corrected chi connectivity index (χ3v) is 4.20. The van der Waals surface area contributed by atoms with Crippen LogP contribution in [-0.4, -0.2) is 18.4 Å². The lowest BCUT2D eigenvalue weighted by Gasteiger charge is -2.05. The molecular weight excluding hydrogens is 264 g/mol. The third kappa shape index (κ3) is 2.45. The van der Waals surface area contributed by atoms with Crippen LogP contribution in [0.15, 0.2) is 46.6 Å². The number of rotatable bonds is 3. The Morgan fingerprint density at radius 2 is 1.79 bits per heavy atom. The SMILES string of the molecule is N#Cc1nccnc1S(=O)(=O)c1ccc(CN)cc1. The van der Waals surface area contributed by atoms with E-state index in [4.69, 9.17) is 11.0 Å². The van der Waals surface area contributed by atoms with Crippen LogP contribution in [0, 0.1) is 11.3 Å². The van der Waals surface area contributed by atoms with Gasteiger partial charge >= 0.3 is 0 Å². The quantitative estimate of drug-likeness (QED) is 0.879. The van der Waals surface area contributed by atoms with Gasteiger partial charge in [-0.1, -0.05) is 12.1 Å². The van der Waals surface area contributed by atoms with Crippen molar-refractivity contribution in [3.05, 3.63) is 47.9 Å². The summed E-state index contributed by atoms with van der Waals surface area (Å²) in [5, 5.41) is 8.54. The van der Waals surface area contributed by atoms with E-state index < -0.39 is 9.84 Å². The fraction of sp³-hybridized carbons (Fsp3) is 0.0833. The van der Waals surface area contributed by atoms with Crippen molar-refractivity contribution in [1.29, 1.82) is 5.26 Å². The van der Waals surface area contributed by atoms with Crippen molar-refractivity contribution in [2.45, 2.75) is 16.5 Å². The zero-order valence-corrected chi connectivity index (χ0v) is 10.6. The highest BCUT2D eigenvalue weighted by Crippen LogP contribution is 2.20. The van der Waals surface area contributed by atoms with Gasteiger partial charge in [0.25, 0.3) is 0 Å². The van der Waals surface area contributed by atoms with Crippen LogP contribution in [0.2, 0.25) is 0 Å². The second-order valence-corrected chi connectivity index (χ2v) is 5.54. The molecule has 0 amide bonds. The third-order valence-electron chi connectivity index (χ3n) is 2.49. The average molecular weight is 274 g/mol. The number of nitrogens with zero attached hydrogens (tertiary/aromatic N) is 3. The molecule has 7 heteroatoms. The molecule has 0 atom stereocenters. The Hall–Kier alpha value is -2.30. The van der Waals surface area contributed by atoms with Gasteiger partial charge in [0.15, 0.2) is 10.7 Å². The molecule has 0 unspecified atom stereocenters. The standard InChI is InChI=1S/C12H10N4O2S/c13-7-9-1-3-10(4-2-9)19(17,18)12-11(8-14)15-5-6-16-12/h1-6H,7,13H2. The lowest BCUT2D eigenvalue weighted by Crippen LogP contribution is -2.08. The Balaban J connectivity index is 2.56. The highest BCUT2D eigenvalue weighted by atomic mass is 32.2. The summed E-state index contributed by atoms with van der Waals surface area (Å²) in [6.07, 6.45) is 2.51. The zero-order valence-electron chi connectivity index (χ0n) is 9.81. The Bertz CT molecular complexity index is 733. The summed E-state index contributed by atoms with van der Waals surface area (Å²) in [5.74, 6) is 0. The van der Waals surface area contributed by atoms with Crippen LogP contribution < -0.4 is 5.73 Å². The van der Waals surface area contributed by atoms with Crippen molar-refractivity contribution in [3.63, 3.8) is 0 Å². The van der Waals surface area contributed by atoms with Crippen molar-refractivity contribution in [3.8, 4) is 6.07 Å². The molecule has 1 aromatic heterocycles. The molecule has 0 aliphatic carbocycles. The molecule has 0 aliphatic heterocycles. The molecule has 0 aliphatic rings. The summed E-state index contributed by atoms with van der Waals surface area (Å²) in [7, 11) is -3.84. The molecule has 2 aromatic rings. The maximum Gasteiger partial charge on any atom is 0.226 e.